The van der Waals surface area contributed by atoms with E-state index in [9.17, 15) is 0 Å². The third-order valence-corrected chi connectivity index (χ3v) is 4.59. The summed E-state index contributed by atoms with van der Waals surface area (Å²) in [5, 5.41) is 0. The second kappa shape index (κ2) is 7.72. The number of nitrogens with zero attached hydrogens (tertiary/aromatic N) is 1. The maximum Gasteiger partial charge on any atom is 0.186 e. The van der Waals surface area contributed by atoms with Gasteiger partial charge < -0.3 is 4.74 Å². The van der Waals surface area contributed by atoms with E-state index in [1.54, 1.807) is 7.11 Å². The Hall–Kier alpha value is -0.790. The van der Waals surface area contributed by atoms with Crippen LogP contribution in [0, 0.1) is 23.7 Å². The molecule has 0 radical (unpaired) electrons. The lowest BCUT2D eigenvalue weighted by molar-refractivity contribution is 0.273. The normalized spacial score (nSPS) is 20.0. The lowest BCUT2D eigenvalue weighted by Crippen LogP contribution is -2.29. The number of aliphatic imine (C=N–C) groups is 1. The molecule has 0 aliphatic heterocycles. The van der Waals surface area contributed by atoms with Gasteiger partial charge in [-0.3, -0.25) is 4.99 Å². The molecule has 1 fully saturated rings. The first kappa shape index (κ1) is 16.3. The largest absolute Gasteiger partial charge is 0.484 e. The van der Waals surface area contributed by atoms with Crippen molar-refractivity contribution < 1.29 is 4.74 Å². The Morgan fingerprint density at radius 1 is 1.32 bits per heavy atom. The van der Waals surface area contributed by atoms with Crippen molar-refractivity contribution in [1.82, 2.24) is 0 Å². The summed E-state index contributed by atoms with van der Waals surface area (Å²) in [5.74, 6) is 3.22. The SMILES string of the molecule is C=C(CN=C(OC)C(C(C)C)C(C)CC)C1CCC1. The van der Waals surface area contributed by atoms with E-state index < -0.39 is 0 Å². The number of ether oxygens (including phenoxy) is 1. The fourth-order valence-electron chi connectivity index (χ4n) is 2.87. The zero-order valence-electron chi connectivity index (χ0n) is 13.4. The summed E-state index contributed by atoms with van der Waals surface area (Å²) in [4.78, 5) is 4.73. The first-order valence-corrected chi connectivity index (χ1v) is 7.77. The van der Waals surface area contributed by atoms with Gasteiger partial charge in [-0.15, -0.1) is 0 Å². The molecule has 1 saturated carbocycles. The molecule has 0 aromatic rings. The summed E-state index contributed by atoms with van der Waals surface area (Å²) < 4.78 is 5.59. The van der Waals surface area contributed by atoms with Crippen molar-refractivity contribution >= 4 is 5.90 Å². The molecule has 0 heterocycles. The fourth-order valence-corrected chi connectivity index (χ4v) is 2.87. The standard InChI is InChI=1S/C17H31NO/c1-7-13(4)16(12(2)3)17(19-6)18-11-14(5)15-9-8-10-15/h12-13,15-16H,5,7-11H2,1-4,6H3. The smallest absolute Gasteiger partial charge is 0.186 e. The van der Waals surface area contributed by atoms with Crippen molar-refractivity contribution in [3.8, 4) is 0 Å². The lowest BCUT2D eigenvalue weighted by Gasteiger charge is -2.29. The number of hydrogen-bond donors (Lipinski definition) is 0. The van der Waals surface area contributed by atoms with Crippen LogP contribution < -0.4 is 0 Å². The molecule has 2 atom stereocenters. The van der Waals surface area contributed by atoms with Crippen LogP contribution in [0.25, 0.3) is 0 Å². The molecule has 0 N–H and O–H groups in total. The Morgan fingerprint density at radius 2 is 1.95 bits per heavy atom. The Balaban J connectivity index is 2.69. The third-order valence-electron chi connectivity index (χ3n) is 4.59. The summed E-state index contributed by atoms with van der Waals surface area (Å²) in [7, 11) is 1.75. The van der Waals surface area contributed by atoms with Gasteiger partial charge in [0, 0.05) is 5.92 Å². The van der Waals surface area contributed by atoms with E-state index in [-0.39, 0.29) is 0 Å². The Bertz CT molecular complexity index is 315. The maximum absolute atomic E-state index is 5.59. The molecule has 1 rings (SSSR count). The van der Waals surface area contributed by atoms with E-state index in [1.165, 1.54) is 24.8 Å². The summed E-state index contributed by atoms with van der Waals surface area (Å²) in [6, 6.07) is 0. The Labute approximate surface area is 119 Å². The van der Waals surface area contributed by atoms with Crippen molar-refractivity contribution in [2.24, 2.45) is 28.7 Å². The molecular formula is C17H31NO. The summed E-state index contributed by atoms with van der Waals surface area (Å²) in [6.45, 7) is 14.0. The van der Waals surface area contributed by atoms with Gasteiger partial charge in [0.15, 0.2) is 5.90 Å². The molecule has 0 bridgehead atoms. The predicted octanol–water partition coefficient (Wildman–Crippen LogP) is 4.71. The van der Waals surface area contributed by atoms with Gasteiger partial charge >= 0.3 is 0 Å². The number of rotatable bonds is 7. The van der Waals surface area contributed by atoms with Crippen LogP contribution in [0.15, 0.2) is 17.1 Å². The topological polar surface area (TPSA) is 21.6 Å². The van der Waals surface area contributed by atoms with Crippen LogP contribution in [0.2, 0.25) is 0 Å². The summed E-state index contributed by atoms with van der Waals surface area (Å²) >= 11 is 0. The van der Waals surface area contributed by atoms with Crippen LogP contribution in [0.5, 0.6) is 0 Å². The number of methoxy groups -OCH3 is 1. The van der Waals surface area contributed by atoms with Crippen molar-refractivity contribution in [3.63, 3.8) is 0 Å². The summed E-state index contributed by atoms with van der Waals surface area (Å²) in [5.41, 5.74) is 1.28. The minimum absolute atomic E-state index is 0.421. The monoisotopic (exact) mass is 265 g/mol. The van der Waals surface area contributed by atoms with Crippen molar-refractivity contribution in [2.45, 2.75) is 53.4 Å². The van der Waals surface area contributed by atoms with E-state index in [1.807, 2.05) is 0 Å². The first-order chi connectivity index (χ1) is 9.01. The fraction of sp³-hybridized carbons (Fsp3) is 0.824. The van der Waals surface area contributed by atoms with Gasteiger partial charge in [-0.05, 0) is 30.6 Å². The van der Waals surface area contributed by atoms with E-state index in [2.05, 4.69) is 34.3 Å². The molecule has 0 saturated heterocycles. The molecule has 110 valence electrons. The average Bonchev–Trinajstić information content (AvgIpc) is 2.30. The highest BCUT2D eigenvalue weighted by Crippen LogP contribution is 2.32. The van der Waals surface area contributed by atoms with Crippen LogP contribution in [-0.4, -0.2) is 19.6 Å². The van der Waals surface area contributed by atoms with Gasteiger partial charge in [0.1, 0.15) is 0 Å². The van der Waals surface area contributed by atoms with Crippen LogP contribution in [0.4, 0.5) is 0 Å². The molecule has 1 aliphatic carbocycles. The maximum atomic E-state index is 5.59. The van der Waals surface area contributed by atoms with Gasteiger partial charge in [0.2, 0.25) is 0 Å². The van der Waals surface area contributed by atoms with E-state index >= 15 is 0 Å². The van der Waals surface area contributed by atoms with Gasteiger partial charge in [-0.2, -0.15) is 0 Å². The molecule has 2 heteroatoms. The van der Waals surface area contributed by atoms with Crippen LogP contribution in [-0.2, 0) is 4.74 Å². The summed E-state index contributed by atoms with van der Waals surface area (Å²) in [6.07, 6.45) is 5.12. The second-order valence-electron chi connectivity index (χ2n) is 6.30. The van der Waals surface area contributed by atoms with Crippen LogP contribution in [0.1, 0.15) is 53.4 Å². The van der Waals surface area contributed by atoms with Gasteiger partial charge in [0.25, 0.3) is 0 Å². The average molecular weight is 265 g/mol. The Kier molecular flexibility index (Phi) is 6.60. The molecule has 2 nitrogen and oxygen atoms in total. The molecule has 0 amide bonds. The van der Waals surface area contributed by atoms with Crippen molar-refractivity contribution in [1.29, 1.82) is 0 Å². The van der Waals surface area contributed by atoms with Gasteiger partial charge in [0.05, 0.1) is 13.7 Å². The van der Waals surface area contributed by atoms with Gasteiger partial charge in [-0.1, -0.05) is 52.7 Å². The van der Waals surface area contributed by atoms with Crippen molar-refractivity contribution in [2.75, 3.05) is 13.7 Å². The first-order valence-electron chi connectivity index (χ1n) is 7.77. The van der Waals surface area contributed by atoms with E-state index in [0.29, 0.717) is 23.7 Å². The lowest BCUT2D eigenvalue weighted by atomic mass is 9.80. The minimum Gasteiger partial charge on any atom is -0.484 e. The van der Waals surface area contributed by atoms with Crippen LogP contribution in [0.3, 0.4) is 0 Å². The van der Waals surface area contributed by atoms with Crippen molar-refractivity contribution in [3.05, 3.63) is 12.2 Å². The molecule has 19 heavy (non-hydrogen) atoms. The second-order valence-corrected chi connectivity index (χ2v) is 6.30. The highest BCUT2D eigenvalue weighted by Gasteiger charge is 2.26. The third kappa shape index (κ3) is 4.36. The number of hydrogen-bond acceptors (Lipinski definition) is 2. The van der Waals surface area contributed by atoms with Crippen LogP contribution >= 0.6 is 0 Å². The molecule has 1 aliphatic rings. The quantitative estimate of drug-likeness (QED) is 0.371. The molecule has 0 aromatic heterocycles. The highest BCUT2D eigenvalue weighted by molar-refractivity contribution is 5.79. The molecule has 0 aromatic carbocycles. The highest BCUT2D eigenvalue weighted by atomic mass is 16.5. The molecular weight excluding hydrogens is 234 g/mol. The zero-order valence-corrected chi connectivity index (χ0v) is 13.4. The zero-order chi connectivity index (χ0) is 14.4. The van der Waals surface area contributed by atoms with E-state index in [4.69, 9.17) is 9.73 Å². The Morgan fingerprint density at radius 3 is 2.32 bits per heavy atom. The minimum atomic E-state index is 0.421. The van der Waals surface area contributed by atoms with Gasteiger partial charge in [-0.25, -0.2) is 0 Å². The molecule has 2 unspecified atom stereocenters. The van der Waals surface area contributed by atoms with E-state index in [0.717, 1.165) is 18.9 Å². The molecule has 0 spiro atoms. The predicted molar refractivity (Wildman–Crippen MR) is 83.6 cm³/mol.